The average molecular weight is 581 g/mol. The third-order valence-electron chi connectivity index (χ3n) is 6.37. The van der Waals surface area contributed by atoms with E-state index in [4.69, 9.17) is 14.2 Å². The van der Waals surface area contributed by atoms with Gasteiger partial charge in [0.1, 0.15) is 29.7 Å². The van der Waals surface area contributed by atoms with Crippen molar-refractivity contribution in [2.24, 2.45) is 0 Å². The molecule has 0 fully saturated rings. The Hall–Kier alpha value is -4.79. The van der Waals surface area contributed by atoms with Crippen molar-refractivity contribution in [1.29, 1.82) is 0 Å². The van der Waals surface area contributed by atoms with Gasteiger partial charge in [0, 0.05) is 5.56 Å². The van der Waals surface area contributed by atoms with E-state index in [0.717, 1.165) is 23.3 Å². The number of halogens is 4. The van der Waals surface area contributed by atoms with Crippen LogP contribution in [-0.4, -0.2) is 24.3 Å². The fraction of sp³-hybridized carbons (Fsp3) is 0.182. The largest absolute Gasteiger partial charge is 0.497 e. The highest BCUT2D eigenvalue weighted by Gasteiger charge is 2.29. The number of rotatable bonds is 12. The highest BCUT2D eigenvalue weighted by Crippen LogP contribution is 2.30. The van der Waals surface area contributed by atoms with Gasteiger partial charge in [0.15, 0.2) is 6.10 Å². The number of carboxylic acids is 1. The Labute approximate surface area is 240 Å². The quantitative estimate of drug-likeness (QED) is 0.171. The normalized spacial score (nSPS) is 12.2. The summed E-state index contributed by atoms with van der Waals surface area (Å²) in [5.41, 5.74) is 2.16. The van der Waals surface area contributed by atoms with Crippen LogP contribution in [0, 0.1) is 5.82 Å². The second kappa shape index (κ2) is 13.7. The molecule has 9 heteroatoms. The summed E-state index contributed by atoms with van der Waals surface area (Å²) in [6.07, 6.45) is -1.38. The summed E-state index contributed by atoms with van der Waals surface area (Å²) in [5.74, 6) is 0.0221. The van der Waals surface area contributed by atoms with Gasteiger partial charge in [0.25, 0.3) is 0 Å². The summed E-state index contributed by atoms with van der Waals surface area (Å²) < 4.78 is 68.5. The molecule has 1 N–H and O–H groups in total. The molecule has 1 atom stereocenters. The van der Waals surface area contributed by atoms with Crippen LogP contribution in [0.1, 0.15) is 29.5 Å². The Morgan fingerprint density at radius 1 is 0.881 bits per heavy atom. The molecule has 4 rings (SSSR count). The molecule has 0 aliphatic carbocycles. The Morgan fingerprint density at radius 3 is 2.10 bits per heavy atom. The zero-order valence-electron chi connectivity index (χ0n) is 22.6. The van der Waals surface area contributed by atoms with E-state index < -0.39 is 23.8 Å². The molecule has 1 unspecified atom stereocenters. The Morgan fingerprint density at radius 2 is 1.50 bits per heavy atom. The molecule has 0 spiro atoms. The Balaban J connectivity index is 1.37. The molecule has 4 aromatic carbocycles. The standard InChI is InChI=1S/C33H28F4O5/c1-40-29-18-19-30(41-21-22-6-12-26(13-7-22)33(35,36)37)25(20-29)4-2-3-5-31(32(38)39)42-28-16-10-24(11-17-28)23-8-14-27(34)15-9-23/h2,4,6-20,31H,3,5,21H2,1H3,(H,38,39)/b4-2+. The molecule has 0 heterocycles. The molecule has 0 radical (unpaired) electrons. The Bertz CT molecular complexity index is 1500. The summed E-state index contributed by atoms with van der Waals surface area (Å²) in [6, 6.07) is 22.8. The van der Waals surface area contributed by atoms with E-state index in [0.29, 0.717) is 34.8 Å². The van der Waals surface area contributed by atoms with Gasteiger partial charge >= 0.3 is 12.1 Å². The minimum Gasteiger partial charge on any atom is -0.497 e. The van der Waals surface area contributed by atoms with Gasteiger partial charge in [-0.3, -0.25) is 0 Å². The van der Waals surface area contributed by atoms with Gasteiger partial charge in [0.05, 0.1) is 12.7 Å². The molecule has 5 nitrogen and oxygen atoms in total. The number of alkyl halides is 3. The lowest BCUT2D eigenvalue weighted by Gasteiger charge is -2.15. The number of methoxy groups -OCH3 is 1. The topological polar surface area (TPSA) is 65.0 Å². The smallest absolute Gasteiger partial charge is 0.416 e. The van der Waals surface area contributed by atoms with Gasteiger partial charge in [0.2, 0.25) is 0 Å². The third kappa shape index (κ3) is 8.36. The third-order valence-corrected chi connectivity index (χ3v) is 6.37. The SMILES string of the molecule is COc1ccc(OCc2ccc(C(F)(F)F)cc2)c(/C=C/CCC(Oc2ccc(-c3ccc(F)cc3)cc2)C(=O)O)c1. The molecule has 42 heavy (non-hydrogen) atoms. The monoisotopic (exact) mass is 580 g/mol. The molecule has 0 saturated carbocycles. The van der Waals surface area contributed by atoms with Crippen LogP contribution in [0.2, 0.25) is 0 Å². The van der Waals surface area contributed by atoms with Crippen molar-refractivity contribution in [3.63, 3.8) is 0 Å². The molecule has 218 valence electrons. The molecule has 0 aliphatic heterocycles. The number of ether oxygens (including phenoxy) is 3. The minimum atomic E-state index is -4.41. The van der Waals surface area contributed by atoms with Crippen molar-refractivity contribution >= 4 is 12.0 Å². The van der Waals surface area contributed by atoms with E-state index in [-0.39, 0.29) is 18.8 Å². The molecule has 0 aliphatic rings. The van der Waals surface area contributed by atoms with Gasteiger partial charge in [-0.15, -0.1) is 0 Å². The van der Waals surface area contributed by atoms with Crippen molar-refractivity contribution in [2.75, 3.05) is 7.11 Å². The number of carboxylic acid groups (broad SMARTS) is 1. The predicted octanol–water partition coefficient (Wildman–Crippen LogP) is 8.42. The van der Waals surface area contributed by atoms with E-state index in [2.05, 4.69) is 0 Å². The molecule has 4 aromatic rings. The predicted molar refractivity (Wildman–Crippen MR) is 151 cm³/mol. The van der Waals surface area contributed by atoms with Crippen LogP contribution in [0.15, 0.2) is 97.1 Å². The van der Waals surface area contributed by atoms with Crippen molar-refractivity contribution < 1.29 is 41.7 Å². The van der Waals surface area contributed by atoms with Crippen LogP contribution in [-0.2, 0) is 17.6 Å². The Kier molecular flexibility index (Phi) is 9.85. The van der Waals surface area contributed by atoms with Crippen LogP contribution in [0.5, 0.6) is 17.2 Å². The van der Waals surface area contributed by atoms with Crippen molar-refractivity contribution in [3.8, 4) is 28.4 Å². The summed E-state index contributed by atoms with van der Waals surface area (Å²) in [7, 11) is 1.52. The maximum absolute atomic E-state index is 13.2. The van der Waals surface area contributed by atoms with E-state index >= 15 is 0 Å². The molecule has 0 amide bonds. The number of allylic oxidation sites excluding steroid dienone is 1. The number of hydrogen-bond donors (Lipinski definition) is 1. The molecule has 0 saturated heterocycles. The maximum atomic E-state index is 13.2. The minimum absolute atomic E-state index is 0.0557. The molecule has 0 bridgehead atoms. The van der Waals surface area contributed by atoms with Gasteiger partial charge in [-0.25, -0.2) is 9.18 Å². The van der Waals surface area contributed by atoms with Gasteiger partial charge < -0.3 is 19.3 Å². The lowest BCUT2D eigenvalue weighted by atomic mass is 10.1. The first-order valence-electron chi connectivity index (χ1n) is 13.0. The zero-order chi connectivity index (χ0) is 30.1. The van der Waals surface area contributed by atoms with Crippen LogP contribution in [0.3, 0.4) is 0 Å². The first-order chi connectivity index (χ1) is 20.1. The van der Waals surface area contributed by atoms with Gasteiger partial charge in [-0.2, -0.15) is 13.2 Å². The lowest BCUT2D eigenvalue weighted by molar-refractivity contribution is -0.145. The number of hydrogen-bond acceptors (Lipinski definition) is 4. The highest BCUT2D eigenvalue weighted by atomic mass is 19.4. The van der Waals surface area contributed by atoms with E-state index in [1.54, 1.807) is 66.7 Å². The van der Waals surface area contributed by atoms with E-state index in [9.17, 15) is 27.5 Å². The summed E-state index contributed by atoms with van der Waals surface area (Å²) in [6.45, 7) is 0.0557. The summed E-state index contributed by atoms with van der Waals surface area (Å²) in [5, 5.41) is 9.68. The number of aliphatic carboxylic acids is 1. The summed E-state index contributed by atoms with van der Waals surface area (Å²) >= 11 is 0. The van der Waals surface area contributed by atoms with Crippen LogP contribution in [0.4, 0.5) is 17.6 Å². The fourth-order valence-electron chi connectivity index (χ4n) is 4.09. The van der Waals surface area contributed by atoms with Crippen LogP contribution < -0.4 is 14.2 Å². The van der Waals surface area contributed by atoms with E-state index in [1.165, 1.54) is 31.4 Å². The zero-order valence-corrected chi connectivity index (χ0v) is 22.6. The highest BCUT2D eigenvalue weighted by molar-refractivity contribution is 5.73. The second-order valence-corrected chi connectivity index (χ2v) is 9.34. The van der Waals surface area contributed by atoms with E-state index in [1.807, 2.05) is 0 Å². The molecule has 0 aromatic heterocycles. The van der Waals surface area contributed by atoms with Gasteiger partial charge in [-0.1, -0.05) is 48.6 Å². The maximum Gasteiger partial charge on any atom is 0.416 e. The van der Waals surface area contributed by atoms with Crippen LogP contribution in [0.25, 0.3) is 17.2 Å². The number of benzene rings is 4. The second-order valence-electron chi connectivity index (χ2n) is 9.34. The van der Waals surface area contributed by atoms with Crippen molar-refractivity contribution in [1.82, 2.24) is 0 Å². The molecular weight excluding hydrogens is 552 g/mol. The lowest BCUT2D eigenvalue weighted by Crippen LogP contribution is -2.26. The van der Waals surface area contributed by atoms with Gasteiger partial charge in [-0.05, 0) is 84.1 Å². The average Bonchev–Trinajstić information content (AvgIpc) is 2.98. The van der Waals surface area contributed by atoms with Crippen molar-refractivity contribution in [2.45, 2.75) is 31.7 Å². The van der Waals surface area contributed by atoms with Crippen molar-refractivity contribution in [3.05, 3.63) is 120 Å². The molecular formula is C33H28F4O5. The van der Waals surface area contributed by atoms with Crippen LogP contribution >= 0.6 is 0 Å². The number of carbonyl (C=O) groups is 1. The fourth-order valence-corrected chi connectivity index (χ4v) is 4.09. The first-order valence-corrected chi connectivity index (χ1v) is 13.0. The first kappa shape index (κ1) is 30.2. The summed E-state index contributed by atoms with van der Waals surface area (Å²) in [4.78, 5) is 11.8.